The quantitative estimate of drug-likeness (QED) is 0.776. The fourth-order valence-electron chi connectivity index (χ4n) is 2.11. The SMILES string of the molecule is CCNC(CC)c1ccc(N(C)CCC(C)C)cn1. The molecule has 19 heavy (non-hydrogen) atoms. The number of rotatable bonds is 8. The van der Waals surface area contributed by atoms with E-state index >= 15 is 0 Å². The first-order valence-corrected chi connectivity index (χ1v) is 7.48. The third-order valence-electron chi connectivity index (χ3n) is 3.47. The summed E-state index contributed by atoms with van der Waals surface area (Å²) in [6.45, 7) is 10.9. The number of pyridine rings is 1. The van der Waals surface area contributed by atoms with Crippen molar-refractivity contribution >= 4 is 5.69 Å². The minimum absolute atomic E-state index is 0.375. The molecule has 0 saturated heterocycles. The largest absolute Gasteiger partial charge is 0.373 e. The van der Waals surface area contributed by atoms with Gasteiger partial charge in [-0.05, 0) is 37.4 Å². The van der Waals surface area contributed by atoms with Crippen LogP contribution < -0.4 is 10.2 Å². The van der Waals surface area contributed by atoms with Crippen molar-refractivity contribution in [3.05, 3.63) is 24.0 Å². The molecule has 1 atom stereocenters. The van der Waals surface area contributed by atoms with Crippen LogP contribution in [0.1, 0.15) is 52.3 Å². The maximum atomic E-state index is 4.61. The van der Waals surface area contributed by atoms with Crippen molar-refractivity contribution in [2.24, 2.45) is 5.92 Å². The Morgan fingerprint density at radius 1 is 1.26 bits per heavy atom. The average molecular weight is 263 g/mol. The molecule has 0 aliphatic carbocycles. The van der Waals surface area contributed by atoms with Gasteiger partial charge in [-0.25, -0.2) is 0 Å². The minimum atomic E-state index is 0.375. The highest BCUT2D eigenvalue weighted by molar-refractivity contribution is 5.43. The van der Waals surface area contributed by atoms with Crippen LogP contribution in [0.25, 0.3) is 0 Å². The summed E-state index contributed by atoms with van der Waals surface area (Å²) in [5.41, 5.74) is 2.35. The number of hydrogen-bond donors (Lipinski definition) is 1. The van der Waals surface area contributed by atoms with E-state index in [0.717, 1.165) is 31.1 Å². The second-order valence-electron chi connectivity index (χ2n) is 5.56. The highest BCUT2D eigenvalue weighted by Crippen LogP contribution is 2.18. The van der Waals surface area contributed by atoms with Crippen LogP contribution in [0.15, 0.2) is 18.3 Å². The minimum Gasteiger partial charge on any atom is -0.373 e. The highest BCUT2D eigenvalue weighted by atomic mass is 15.1. The molecule has 1 aromatic rings. The van der Waals surface area contributed by atoms with E-state index in [4.69, 9.17) is 0 Å². The maximum Gasteiger partial charge on any atom is 0.0574 e. The first-order valence-electron chi connectivity index (χ1n) is 7.48. The molecule has 0 radical (unpaired) electrons. The van der Waals surface area contributed by atoms with E-state index in [1.807, 2.05) is 6.20 Å². The van der Waals surface area contributed by atoms with Gasteiger partial charge < -0.3 is 10.2 Å². The van der Waals surface area contributed by atoms with Gasteiger partial charge in [-0.3, -0.25) is 4.98 Å². The van der Waals surface area contributed by atoms with Crippen molar-refractivity contribution < 1.29 is 0 Å². The molecule has 0 aliphatic heterocycles. The standard InChI is InChI=1S/C16H29N3/c1-6-15(17-7-2)16-9-8-14(12-18-16)19(5)11-10-13(3)4/h8-9,12-13,15,17H,6-7,10-11H2,1-5H3. The van der Waals surface area contributed by atoms with E-state index in [-0.39, 0.29) is 0 Å². The molecular weight excluding hydrogens is 234 g/mol. The van der Waals surface area contributed by atoms with Gasteiger partial charge in [0.1, 0.15) is 0 Å². The lowest BCUT2D eigenvalue weighted by molar-refractivity contribution is 0.524. The summed E-state index contributed by atoms with van der Waals surface area (Å²) < 4.78 is 0. The van der Waals surface area contributed by atoms with Gasteiger partial charge in [-0.2, -0.15) is 0 Å². The summed E-state index contributed by atoms with van der Waals surface area (Å²) in [6.07, 6.45) is 4.28. The molecule has 0 aromatic carbocycles. The van der Waals surface area contributed by atoms with Gasteiger partial charge >= 0.3 is 0 Å². The van der Waals surface area contributed by atoms with Crippen molar-refractivity contribution in [1.29, 1.82) is 0 Å². The van der Waals surface area contributed by atoms with Crippen molar-refractivity contribution in [2.75, 3.05) is 25.0 Å². The van der Waals surface area contributed by atoms with Gasteiger partial charge in [0.05, 0.1) is 17.6 Å². The lowest BCUT2D eigenvalue weighted by Crippen LogP contribution is -2.22. The van der Waals surface area contributed by atoms with Gasteiger partial charge in [0.15, 0.2) is 0 Å². The Labute approximate surface area is 118 Å². The lowest BCUT2D eigenvalue weighted by Gasteiger charge is -2.21. The molecule has 1 aromatic heterocycles. The second-order valence-corrected chi connectivity index (χ2v) is 5.56. The smallest absolute Gasteiger partial charge is 0.0574 e. The first kappa shape index (κ1) is 16.0. The van der Waals surface area contributed by atoms with Crippen LogP contribution >= 0.6 is 0 Å². The lowest BCUT2D eigenvalue weighted by atomic mass is 10.1. The molecule has 1 unspecified atom stereocenters. The zero-order chi connectivity index (χ0) is 14.3. The molecule has 3 heteroatoms. The molecule has 1 heterocycles. The van der Waals surface area contributed by atoms with Crippen LogP contribution in [0.5, 0.6) is 0 Å². The highest BCUT2D eigenvalue weighted by Gasteiger charge is 2.09. The molecule has 0 aliphatic rings. The molecule has 0 saturated carbocycles. The average Bonchev–Trinajstić information content (AvgIpc) is 2.42. The van der Waals surface area contributed by atoms with Crippen molar-refractivity contribution in [1.82, 2.24) is 10.3 Å². The summed E-state index contributed by atoms with van der Waals surface area (Å²) in [6, 6.07) is 4.71. The molecule has 1 N–H and O–H groups in total. The number of nitrogens with one attached hydrogen (secondary N) is 1. The third-order valence-corrected chi connectivity index (χ3v) is 3.47. The molecule has 0 fully saturated rings. The molecule has 1 rings (SSSR count). The van der Waals surface area contributed by atoms with Gasteiger partial charge in [-0.1, -0.05) is 27.7 Å². The van der Waals surface area contributed by atoms with E-state index in [1.165, 1.54) is 12.1 Å². The van der Waals surface area contributed by atoms with E-state index < -0.39 is 0 Å². The number of hydrogen-bond acceptors (Lipinski definition) is 3. The van der Waals surface area contributed by atoms with Gasteiger partial charge in [0, 0.05) is 19.6 Å². The molecule has 0 spiro atoms. The van der Waals surface area contributed by atoms with E-state index in [1.54, 1.807) is 0 Å². The molecule has 0 bridgehead atoms. The Morgan fingerprint density at radius 3 is 2.47 bits per heavy atom. The van der Waals surface area contributed by atoms with Crippen molar-refractivity contribution in [3.8, 4) is 0 Å². The van der Waals surface area contributed by atoms with Crippen molar-refractivity contribution in [3.63, 3.8) is 0 Å². The van der Waals surface area contributed by atoms with Crippen LogP contribution in [0, 0.1) is 5.92 Å². The fourth-order valence-corrected chi connectivity index (χ4v) is 2.11. The Morgan fingerprint density at radius 2 is 2.00 bits per heavy atom. The van der Waals surface area contributed by atoms with E-state index in [0.29, 0.717) is 6.04 Å². The predicted molar refractivity (Wildman–Crippen MR) is 83.7 cm³/mol. The summed E-state index contributed by atoms with van der Waals surface area (Å²) in [4.78, 5) is 6.90. The normalized spacial score (nSPS) is 12.7. The molecular formula is C16H29N3. The van der Waals surface area contributed by atoms with Crippen LogP contribution in [0.2, 0.25) is 0 Å². The monoisotopic (exact) mass is 263 g/mol. The topological polar surface area (TPSA) is 28.2 Å². The molecule has 108 valence electrons. The Balaban J connectivity index is 2.64. The third kappa shape index (κ3) is 5.19. The molecule has 3 nitrogen and oxygen atoms in total. The summed E-state index contributed by atoms with van der Waals surface area (Å²) in [5.74, 6) is 0.743. The van der Waals surface area contributed by atoms with Gasteiger partial charge in [0.2, 0.25) is 0 Å². The Hall–Kier alpha value is -1.09. The predicted octanol–water partition coefficient (Wildman–Crippen LogP) is 3.62. The Kier molecular flexibility index (Phi) is 6.85. The fraction of sp³-hybridized carbons (Fsp3) is 0.688. The number of anilines is 1. The molecule has 0 amide bonds. The van der Waals surface area contributed by atoms with Crippen LogP contribution in [-0.4, -0.2) is 25.1 Å². The van der Waals surface area contributed by atoms with E-state index in [9.17, 15) is 0 Å². The summed E-state index contributed by atoms with van der Waals surface area (Å²) in [5, 5.41) is 3.46. The number of nitrogens with zero attached hydrogens (tertiary/aromatic N) is 2. The summed E-state index contributed by atoms with van der Waals surface area (Å²) in [7, 11) is 2.14. The summed E-state index contributed by atoms with van der Waals surface area (Å²) >= 11 is 0. The van der Waals surface area contributed by atoms with E-state index in [2.05, 4.69) is 62.1 Å². The zero-order valence-corrected chi connectivity index (χ0v) is 13.1. The van der Waals surface area contributed by atoms with Gasteiger partial charge in [0.25, 0.3) is 0 Å². The van der Waals surface area contributed by atoms with Gasteiger partial charge in [-0.15, -0.1) is 0 Å². The Bertz CT molecular complexity index is 346. The van der Waals surface area contributed by atoms with Crippen molar-refractivity contribution in [2.45, 2.75) is 46.6 Å². The second kappa shape index (κ2) is 8.16. The zero-order valence-electron chi connectivity index (χ0n) is 13.1. The van der Waals surface area contributed by atoms with Crippen LogP contribution in [0.3, 0.4) is 0 Å². The first-order chi connectivity index (χ1) is 9.08. The van der Waals surface area contributed by atoms with Crippen LogP contribution in [-0.2, 0) is 0 Å². The number of aromatic nitrogens is 1. The van der Waals surface area contributed by atoms with Crippen LogP contribution in [0.4, 0.5) is 5.69 Å². The maximum absolute atomic E-state index is 4.61.